The van der Waals surface area contributed by atoms with Gasteiger partial charge >= 0.3 is 6.18 Å². The van der Waals surface area contributed by atoms with Gasteiger partial charge in [0.15, 0.2) is 0 Å². The summed E-state index contributed by atoms with van der Waals surface area (Å²) >= 11 is 0. The Hall–Kier alpha value is -2.01. The van der Waals surface area contributed by atoms with E-state index in [9.17, 15) is 13.2 Å². The molecule has 0 amide bonds. The van der Waals surface area contributed by atoms with Crippen LogP contribution in [-0.4, -0.2) is 32.6 Å². The minimum atomic E-state index is -4.32. The van der Waals surface area contributed by atoms with Crippen LogP contribution in [0, 0.1) is 0 Å². The van der Waals surface area contributed by atoms with Crippen LogP contribution >= 0.6 is 0 Å². The van der Waals surface area contributed by atoms with Crippen molar-refractivity contribution in [2.45, 2.75) is 19.0 Å². The highest BCUT2D eigenvalue weighted by Crippen LogP contribution is 2.34. The largest absolute Gasteiger partial charge is 0.496 e. The molecule has 1 unspecified atom stereocenters. The number of halogens is 3. The van der Waals surface area contributed by atoms with Crippen molar-refractivity contribution in [1.82, 2.24) is 4.90 Å². The minimum Gasteiger partial charge on any atom is -0.496 e. The summed E-state index contributed by atoms with van der Waals surface area (Å²) in [4.78, 5) is 2.09. The maximum Gasteiger partial charge on any atom is 0.416 e. The molecule has 0 saturated heterocycles. The van der Waals surface area contributed by atoms with Crippen LogP contribution in [0.5, 0.6) is 5.75 Å². The number of likely N-dealkylation sites (N-methyl/N-ethyl adjacent to an activating group) is 1. The quantitative estimate of drug-likeness (QED) is 0.757. The molecule has 0 spiro atoms. The molecule has 130 valence electrons. The molecule has 2 aromatic rings. The van der Waals surface area contributed by atoms with Gasteiger partial charge in [0.05, 0.1) is 12.7 Å². The molecule has 0 N–H and O–H groups in total. The fourth-order valence-corrected chi connectivity index (χ4v) is 2.80. The number of ether oxygens (including phenoxy) is 1. The van der Waals surface area contributed by atoms with Crippen molar-refractivity contribution in [1.29, 1.82) is 0 Å². The predicted molar refractivity (Wildman–Crippen MR) is 90.4 cm³/mol. The molecule has 0 heterocycles. The van der Waals surface area contributed by atoms with Gasteiger partial charge in [0.25, 0.3) is 0 Å². The minimum absolute atomic E-state index is 0.240. The van der Waals surface area contributed by atoms with E-state index in [0.717, 1.165) is 41.1 Å². The first kappa shape index (κ1) is 18.3. The third-order valence-electron chi connectivity index (χ3n) is 3.95. The normalized spacial score (nSPS) is 13.2. The van der Waals surface area contributed by atoms with Gasteiger partial charge in [-0.15, -0.1) is 0 Å². The summed E-state index contributed by atoms with van der Waals surface area (Å²) in [7, 11) is 5.63. The van der Waals surface area contributed by atoms with Crippen LogP contribution in [0.2, 0.25) is 0 Å². The fraction of sp³-hybridized carbons (Fsp3) is 0.368. The smallest absolute Gasteiger partial charge is 0.416 e. The molecule has 0 saturated carbocycles. The number of benzene rings is 2. The van der Waals surface area contributed by atoms with E-state index >= 15 is 0 Å². The summed E-state index contributed by atoms with van der Waals surface area (Å²) in [5.41, 5.74) is 2.04. The van der Waals surface area contributed by atoms with Crippen molar-refractivity contribution >= 4 is 0 Å². The SMILES string of the molecule is COc1ccc(-c2ccc(C(F)(F)F)cc2)cc1C(C)CN(C)C. The molecule has 5 heteroatoms. The number of hydrogen-bond acceptors (Lipinski definition) is 2. The molecule has 0 aliphatic rings. The van der Waals surface area contributed by atoms with Crippen molar-refractivity contribution in [3.8, 4) is 16.9 Å². The van der Waals surface area contributed by atoms with Crippen molar-refractivity contribution < 1.29 is 17.9 Å². The maximum absolute atomic E-state index is 12.7. The van der Waals surface area contributed by atoms with Gasteiger partial charge in [-0.05, 0) is 61.0 Å². The summed E-state index contributed by atoms with van der Waals surface area (Å²) < 4.78 is 43.5. The summed E-state index contributed by atoms with van der Waals surface area (Å²) in [6.07, 6.45) is -4.32. The van der Waals surface area contributed by atoms with E-state index in [4.69, 9.17) is 4.74 Å². The summed E-state index contributed by atoms with van der Waals surface area (Å²) in [5.74, 6) is 1.03. The number of hydrogen-bond donors (Lipinski definition) is 0. The molecule has 0 fully saturated rings. The number of methoxy groups -OCH3 is 1. The fourth-order valence-electron chi connectivity index (χ4n) is 2.80. The average Bonchev–Trinajstić information content (AvgIpc) is 2.53. The Kier molecular flexibility index (Phi) is 5.54. The van der Waals surface area contributed by atoms with Crippen LogP contribution < -0.4 is 4.74 Å². The van der Waals surface area contributed by atoms with E-state index < -0.39 is 11.7 Å². The van der Waals surface area contributed by atoms with E-state index in [1.54, 1.807) is 7.11 Å². The van der Waals surface area contributed by atoms with Crippen LogP contribution in [0.4, 0.5) is 13.2 Å². The summed E-state index contributed by atoms with van der Waals surface area (Å²) in [6.45, 7) is 2.96. The first-order chi connectivity index (χ1) is 11.2. The Morgan fingerprint density at radius 1 is 1.00 bits per heavy atom. The van der Waals surface area contributed by atoms with E-state index in [0.29, 0.717) is 0 Å². The lowest BCUT2D eigenvalue weighted by Gasteiger charge is -2.20. The Balaban J connectivity index is 2.37. The lowest BCUT2D eigenvalue weighted by atomic mass is 9.94. The third-order valence-corrected chi connectivity index (χ3v) is 3.95. The highest BCUT2D eigenvalue weighted by Gasteiger charge is 2.30. The van der Waals surface area contributed by atoms with Gasteiger partial charge in [-0.3, -0.25) is 0 Å². The van der Waals surface area contributed by atoms with Gasteiger partial charge in [0.1, 0.15) is 5.75 Å². The molecular weight excluding hydrogens is 315 g/mol. The van der Waals surface area contributed by atoms with Crippen LogP contribution in [-0.2, 0) is 6.18 Å². The zero-order valence-corrected chi connectivity index (χ0v) is 14.3. The van der Waals surface area contributed by atoms with Crippen LogP contribution in [0.15, 0.2) is 42.5 Å². The first-order valence-corrected chi connectivity index (χ1v) is 7.72. The highest BCUT2D eigenvalue weighted by molar-refractivity contribution is 5.66. The number of alkyl halides is 3. The van der Waals surface area contributed by atoms with Gasteiger partial charge in [-0.2, -0.15) is 13.2 Å². The molecule has 0 radical (unpaired) electrons. The van der Waals surface area contributed by atoms with Crippen molar-refractivity contribution in [3.05, 3.63) is 53.6 Å². The van der Waals surface area contributed by atoms with Crippen molar-refractivity contribution in [3.63, 3.8) is 0 Å². The zero-order chi connectivity index (χ0) is 17.9. The molecule has 2 aromatic carbocycles. The monoisotopic (exact) mass is 337 g/mol. The molecule has 2 nitrogen and oxygen atoms in total. The van der Waals surface area contributed by atoms with E-state index in [1.165, 1.54) is 12.1 Å². The topological polar surface area (TPSA) is 12.5 Å². The van der Waals surface area contributed by atoms with Gasteiger partial charge in [0.2, 0.25) is 0 Å². The van der Waals surface area contributed by atoms with Crippen LogP contribution in [0.1, 0.15) is 24.0 Å². The van der Waals surface area contributed by atoms with E-state index in [2.05, 4.69) is 11.8 Å². The summed E-state index contributed by atoms with van der Waals surface area (Å²) in [5, 5.41) is 0. The second-order valence-electron chi connectivity index (χ2n) is 6.20. The Morgan fingerprint density at radius 2 is 1.58 bits per heavy atom. The van der Waals surface area contributed by atoms with Gasteiger partial charge in [-0.25, -0.2) is 0 Å². The summed E-state index contributed by atoms with van der Waals surface area (Å²) in [6, 6.07) is 11.0. The second kappa shape index (κ2) is 7.26. The molecular formula is C19H22F3NO. The van der Waals surface area contributed by atoms with Gasteiger partial charge < -0.3 is 9.64 Å². The standard InChI is InChI=1S/C19H22F3NO/c1-13(12-23(2)3)17-11-15(7-10-18(17)24-4)14-5-8-16(9-6-14)19(20,21)22/h5-11,13H,12H2,1-4H3. The first-order valence-electron chi connectivity index (χ1n) is 7.72. The molecule has 2 rings (SSSR count). The molecule has 0 aromatic heterocycles. The lowest BCUT2D eigenvalue weighted by molar-refractivity contribution is -0.137. The van der Waals surface area contributed by atoms with Crippen LogP contribution in [0.3, 0.4) is 0 Å². The Bertz CT molecular complexity index is 678. The van der Waals surface area contributed by atoms with E-state index in [-0.39, 0.29) is 5.92 Å². The Morgan fingerprint density at radius 3 is 2.08 bits per heavy atom. The van der Waals surface area contributed by atoms with Crippen molar-refractivity contribution in [2.75, 3.05) is 27.7 Å². The molecule has 1 atom stereocenters. The maximum atomic E-state index is 12.7. The Labute approximate surface area is 140 Å². The zero-order valence-electron chi connectivity index (χ0n) is 14.3. The average molecular weight is 337 g/mol. The highest BCUT2D eigenvalue weighted by atomic mass is 19.4. The number of nitrogens with zero attached hydrogens (tertiary/aromatic N) is 1. The van der Waals surface area contributed by atoms with E-state index in [1.807, 2.05) is 32.3 Å². The molecule has 24 heavy (non-hydrogen) atoms. The van der Waals surface area contributed by atoms with Gasteiger partial charge in [0, 0.05) is 6.54 Å². The molecule has 0 aliphatic carbocycles. The number of rotatable bonds is 5. The van der Waals surface area contributed by atoms with Crippen molar-refractivity contribution in [2.24, 2.45) is 0 Å². The van der Waals surface area contributed by atoms with Crippen LogP contribution in [0.25, 0.3) is 11.1 Å². The van der Waals surface area contributed by atoms with Gasteiger partial charge in [-0.1, -0.05) is 25.1 Å². The predicted octanol–water partition coefficient (Wildman–Crippen LogP) is 5.05. The molecule has 0 bridgehead atoms. The second-order valence-corrected chi connectivity index (χ2v) is 6.20. The third kappa shape index (κ3) is 4.29. The lowest BCUT2D eigenvalue weighted by Crippen LogP contribution is -2.18. The molecule has 0 aliphatic heterocycles.